The van der Waals surface area contributed by atoms with E-state index in [1.165, 1.54) is 44.9 Å². The van der Waals surface area contributed by atoms with Gasteiger partial charge in [-0.1, -0.05) is 0 Å². The van der Waals surface area contributed by atoms with Crippen molar-refractivity contribution in [1.82, 2.24) is 5.32 Å². The second-order valence-corrected chi connectivity index (χ2v) is 7.75. The number of hydrogen-bond donors (Lipinski definition) is 1. The van der Waals surface area contributed by atoms with E-state index in [2.05, 4.69) is 5.32 Å². The topological polar surface area (TPSA) is 29.1 Å². The van der Waals surface area contributed by atoms with Crippen LogP contribution in [0.4, 0.5) is 0 Å². The molecule has 19 heavy (non-hydrogen) atoms. The van der Waals surface area contributed by atoms with Gasteiger partial charge in [-0.15, -0.1) is 0 Å². The number of Topliss-reactive ketones (excluding diaryl/α,β-unsaturated/α-hetero) is 1. The normalized spacial score (nSPS) is 47.8. The van der Waals surface area contributed by atoms with Gasteiger partial charge in [0.2, 0.25) is 0 Å². The molecule has 106 valence electrons. The number of carbonyl (C=O) groups is 1. The Hall–Kier alpha value is -0.370. The highest BCUT2D eigenvalue weighted by Gasteiger charge is 2.50. The molecule has 1 unspecified atom stereocenters. The molecule has 4 aliphatic carbocycles. The van der Waals surface area contributed by atoms with Crippen LogP contribution in [0.1, 0.15) is 57.8 Å². The molecule has 2 heteroatoms. The summed E-state index contributed by atoms with van der Waals surface area (Å²) in [6, 6.07) is 0.640. The Bertz CT molecular complexity index is 330. The van der Waals surface area contributed by atoms with E-state index in [-0.39, 0.29) is 0 Å². The van der Waals surface area contributed by atoms with Crippen molar-refractivity contribution in [1.29, 1.82) is 0 Å². The van der Waals surface area contributed by atoms with Crippen molar-refractivity contribution < 1.29 is 4.79 Å². The van der Waals surface area contributed by atoms with Gasteiger partial charge in [0, 0.05) is 18.4 Å². The van der Waals surface area contributed by atoms with Gasteiger partial charge in [0.15, 0.2) is 0 Å². The zero-order chi connectivity index (χ0) is 12.8. The highest BCUT2D eigenvalue weighted by Crippen LogP contribution is 2.56. The summed E-state index contributed by atoms with van der Waals surface area (Å²) in [6.45, 7) is 1.16. The lowest BCUT2D eigenvalue weighted by molar-refractivity contribution is -0.136. The molecular weight excluding hydrogens is 234 g/mol. The van der Waals surface area contributed by atoms with Crippen LogP contribution in [0, 0.1) is 29.6 Å². The van der Waals surface area contributed by atoms with E-state index in [1.54, 1.807) is 0 Å². The van der Waals surface area contributed by atoms with Gasteiger partial charge >= 0.3 is 0 Å². The molecule has 2 nitrogen and oxygen atoms in total. The predicted molar refractivity (Wildman–Crippen MR) is 75.8 cm³/mol. The molecule has 0 aromatic heterocycles. The van der Waals surface area contributed by atoms with Crippen LogP contribution >= 0.6 is 0 Å². The fourth-order valence-corrected chi connectivity index (χ4v) is 5.94. The van der Waals surface area contributed by atoms with Crippen molar-refractivity contribution in [2.24, 2.45) is 29.6 Å². The van der Waals surface area contributed by atoms with E-state index in [0.29, 0.717) is 17.7 Å². The van der Waals surface area contributed by atoms with Crippen LogP contribution in [0.25, 0.3) is 0 Å². The van der Waals surface area contributed by atoms with E-state index in [4.69, 9.17) is 0 Å². The van der Waals surface area contributed by atoms with E-state index in [0.717, 1.165) is 43.1 Å². The molecule has 1 atom stereocenters. The standard InChI is InChI=1S/C17H27NO/c19-16(4-3-15-2-1-5-18-15)17-13-7-11-6-12(9-13)10-14(17)8-11/h11-15,17-18H,1-10H2. The first kappa shape index (κ1) is 12.4. The Labute approximate surface area is 116 Å². The second-order valence-electron chi connectivity index (χ2n) is 7.75. The van der Waals surface area contributed by atoms with Gasteiger partial charge < -0.3 is 5.32 Å². The predicted octanol–water partition coefficient (Wildman–Crippen LogP) is 3.16. The zero-order valence-electron chi connectivity index (χ0n) is 11.9. The molecule has 0 aromatic carbocycles. The summed E-state index contributed by atoms with van der Waals surface area (Å²) in [5.74, 6) is 4.63. The lowest BCUT2D eigenvalue weighted by atomic mass is 9.51. The van der Waals surface area contributed by atoms with Crippen LogP contribution < -0.4 is 5.32 Å². The minimum atomic E-state index is 0.467. The van der Waals surface area contributed by atoms with Gasteiger partial charge in [-0.2, -0.15) is 0 Å². The largest absolute Gasteiger partial charge is 0.314 e. The summed E-state index contributed by atoms with van der Waals surface area (Å²) in [4.78, 5) is 12.7. The Kier molecular flexibility index (Phi) is 3.17. The highest BCUT2D eigenvalue weighted by atomic mass is 16.1. The van der Waals surface area contributed by atoms with Crippen molar-refractivity contribution in [3.05, 3.63) is 0 Å². The molecule has 4 bridgehead atoms. The van der Waals surface area contributed by atoms with Crippen LogP contribution in [-0.4, -0.2) is 18.4 Å². The van der Waals surface area contributed by atoms with Crippen molar-refractivity contribution in [3.63, 3.8) is 0 Å². The van der Waals surface area contributed by atoms with E-state index in [9.17, 15) is 4.79 Å². The maximum atomic E-state index is 12.7. The summed E-state index contributed by atoms with van der Waals surface area (Å²) in [7, 11) is 0. The maximum Gasteiger partial charge on any atom is 0.136 e. The lowest BCUT2D eigenvalue weighted by Crippen LogP contribution is -2.48. The lowest BCUT2D eigenvalue weighted by Gasteiger charge is -2.54. The summed E-state index contributed by atoms with van der Waals surface area (Å²) in [5.41, 5.74) is 0. The Morgan fingerprint density at radius 1 is 1.00 bits per heavy atom. The molecule has 1 aliphatic heterocycles. The zero-order valence-corrected chi connectivity index (χ0v) is 11.9. The fourth-order valence-electron chi connectivity index (χ4n) is 5.94. The molecule has 5 fully saturated rings. The maximum absolute atomic E-state index is 12.7. The third-order valence-corrected chi connectivity index (χ3v) is 6.50. The first-order valence-electron chi connectivity index (χ1n) is 8.55. The van der Waals surface area contributed by atoms with Gasteiger partial charge in [0.25, 0.3) is 0 Å². The number of hydrogen-bond acceptors (Lipinski definition) is 2. The Balaban J connectivity index is 1.37. The monoisotopic (exact) mass is 261 g/mol. The molecule has 0 spiro atoms. The molecular formula is C17H27NO. The number of carbonyl (C=O) groups excluding carboxylic acids is 1. The number of rotatable bonds is 4. The molecule has 1 heterocycles. The minimum Gasteiger partial charge on any atom is -0.314 e. The molecule has 1 N–H and O–H groups in total. The second kappa shape index (κ2) is 4.87. The van der Waals surface area contributed by atoms with Crippen LogP contribution in [0.5, 0.6) is 0 Å². The molecule has 5 rings (SSSR count). The summed E-state index contributed by atoms with van der Waals surface area (Å²) < 4.78 is 0. The first-order valence-corrected chi connectivity index (χ1v) is 8.55. The van der Waals surface area contributed by atoms with Gasteiger partial charge in [0.05, 0.1) is 0 Å². The van der Waals surface area contributed by atoms with Gasteiger partial charge in [-0.3, -0.25) is 4.79 Å². The van der Waals surface area contributed by atoms with E-state index >= 15 is 0 Å². The van der Waals surface area contributed by atoms with Crippen LogP contribution in [-0.2, 0) is 4.79 Å². The quantitative estimate of drug-likeness (QED) is 0.842. The molecule has 4 saturated carbocycles. The summed E-state index contributed by atoms with van der Waals surface area (Å²) in [5, 5.41) is 3.53. The van der Waals surface area contributed by atoms with Crippen molar-refractivity contribution in [3.8, 4) is 0 Å². The highest BCUT2D eigenvalue weighted by molar-refractivity contribution is 5.82. The van der Waals surface area contributed by atoms with Gasteiger partial charge in [-0.05, 0) is 81.6 Å². The third-order valence-electron chi connectivity index (χ3n) is 6.50. The third kappa shape index (κ3) is 2.26. The van der Waals surface area contributed by atoms with Crippen molar-refractivity contribution >= 4 is 5.78 Å². The number of ketones is 1. The van der Waals surface area contributed by atoms with Crippen molar-refractivity contribution in [2.75, 3.05) is 6.54 Å². The Morgan fingerprint density at radius 3 is 2.26 bits per heavy atom. The summed E-state index contributed by atoms with van der Waals surface area (Å²) >= 11 is 0. The van der Waals surface area contributed by atoms with E-state index in [1.807, 2.05) is 0 Å². The molecule has 1 saturated heterocycles. The molecule has 0 aromatic rings. The van der Waals surface area contributed by atoms with Gasteiger partial charge in [-0.25, -0.2) is 0 Å². The molecule has 0 amide bonds. The smallest absolute Gasteiger partial charge is 0.136 e. The summed E-state index contributed by atoms with van der Waals surface area (Å²) in [6.07, 6.45) is 11.5. The van der Waals surface area contributed by atoms with Crippen LogP contribution in [0.3, 0.4) is 0 Å². The Morgan fingerprint density at radius 2 is 1.68 bits per heavy atom. The first-order chi connectivity index (χ1) is 9.29. The minimum absolute atomic E-state index is 0.467. The fraction of sp³-hybridized carbons (Fsp3) is 0.941. The van der Waals surface area contributed by atoms with Crippen LogP contribution in [0.15, 0.2) is 0 Å². The number of nitrogens with one attached hydrogen (secondary N) is 1. The van der Waals surface area contributed by atoms with Gasteiger partial charge in [0.1, 0.15) is 5.78 Å². The van der Waals surface area contributed by atoms with Crippen LogP contribution in [0.2, 0.25) is 0 Å². The average molecular weight is 261 g/mol. The van der Waals surface area contributed by atoms with E-state index < -0.39 is 0 Å². The molecule has 0 radical (unpaired) electrons. The molecule has 5 aliphatic rings. The van der Waals surface area contributed by atoms with Crippen molar-refractivity contribution in [2.45, 2.75) is 63.8 Å². The average Bonchev–Trinajstić information content (AvgIpc) is 2.88. The SMILES string of the molecule is O=C(CCC1CCCN1)C1C2CC3CC(C2)CC1C3.